The second-order valence-electron chi connectivity index (χ2n) is 6.56. The average molecular weight is 250 g/mol. The van der Waals surface area contributed by atoms with Gasteiger partial charge in [0, 0.05) is 31.4 Å². The summed E-state index contributed by atoms with van der Waals surface area (Å²) >= 11 is 0. The number of rotatable bonds is 4. The summed E-state index contributed by atoms with van der Waals surface area (Å²) in [6.45, 7) is 11.0. The van der Waals surface area contributed by atoms with Gasteiger partial charge < -0.3 is 14.8 Å². The van der Waals surface area contributed by atoms with E-state index in [1.165, 1.54) is 25.2 Å². The first-order valence-corrected chi connectivity index (χ1v) is 6.86. The number of imidazole rings is 1. The molecule has 0 saturated carbocycles. The predicted molar refractivity (Wildman–Crippen MR) is 74.4 cm³/mol. The maximum absolute atomic E-state index is 4.29. The fraction of sp³-hybridized carbons (Fsp3) is 0.786. The van der Waals surface area contributed by atoms with Crippen LogP contribution in [0.4, 0.5) is 0 Å². The molecule has 4 heteroatoms. The minimum Gasteiger partial charge on any atom is -0.333 e. The molecule has 1 saturated heterocycles. The van der Waals surface area contributed by atoms with Crippen LogP contribution < -0.4 is 5.32 Å². The summed E-state index contributed by atoms with van der Waals surface area (Å²) in [5.41, 5.74) is 1.45. The Morgan fingerprint density at radius 2 is 2.22 bits per heavy atom. The molecule has 0 spiro atoms. The van der Waals surface area contributed by atoms with Crippen LogP contribution in [0.1, 0.15) is 32.9 Å². The molecule has 1 N–H and O–H groups in total. The summed E-state index contributed by atoms with van der Waals surface area (Å²) in [6, 6.07) is 0. The number of likely N-dealkylation sites (tertiary alicyclic amines) is 1. The first-order valence-electron chi connectivity index (χ1n) is 6.86. The van der Waals surface area contributed by atoms with Crippen molar-refractivity contribution >= 4 is 0 Å². The van der Waals surface area contributed by atoms with Crippen molar-refractivity contribution < 1.29 is 0 Å². The molecule has 1 aromatic heterocycles. The standard InChI is InChI=1S/C14H26N4/c1-14(2,3)16-8-13-7-15-11-18(13)10-12-5-6-17(4)9-12/h7,11-12,16H,5-6,8-10H2,1-4H3. The van der Waals surface area contributed by atoms with E-state index in [4.69, 9.17) is 0 Å². The molecule has 2 rings (SSSR count). The number of aromatic nitrogens is 2. The Bertz CT molecular complexity index is 377. The van der Waals surface area contributed by atoms with Crippen molar-refractivity contribution in [1.82, 2.24) is 19.8 Å². The van der Waals surface area contributed by atoms with Crippen LogP contribution in [-0.4, -0.2) is 40.1 Å². The molecule has 1 aliphatic heterocycles. The Labute approximate surface area is 110 Å². The number of nitrogens with zero attached hydrogens (tertiary/aromatic N) is 3. The Balaban J connectivity index is 1.91. The lowest BCUT2D eigenvalue weighted by molar-refractivity contribution is 0.370. The van der Waals surface area contributed by atoms with E-state index in [1.807, 2.05) is 12.5 Å². The minimum absolute atomic E-state index is 0.155. The molecule has 1 fully saturated rings. The molecule has 102 valence electrons. The van der Waals surface area contributed by atoms with Crippen LogP contribution in [-0.2, 0) is 13.1 Å². The zero-order valence-corrected chi connectivity index (χ0v) is 12.1. The molecular formula is C14H26N4. The fourth-order valence-electron chi connectivity index (χ4n) is 2.47. The molecule has 0 aromatic carbocycles. The highest BCUT2D eigenvalue weighted by molar-refractivity contribution is 4.99. The van der Waals surface area contributed by atoms with Crippen LogP contribution in [0.5, 0.6) is 0 Å². The lowest BCUT2D eigenvalue weighted by Gasteiger charge is -2.21. The van der Waals surface area contributed by atoms with Gasteiger partial charge in [-0.05, 0) is 46.7 Å². The fourth-order valence-corrected chi connectivity index (χ4v) is 2.47. The van der Waals surface area contributed by atoms with Crippen molar-refractivity contribution in [3.8, 4) is 0 Å². The zero-order chi connectivity index (χ0) is 13.2. The van der Waals surface area contributed by atoms with Crippen molar-refractivity contribution in [2.75, 3.05) is 20.1 Å². The third kappa shape index (κ3) is 3.82. The molecule has 18 heavy (non-hydrogen) atoms. The lowest BCUT2D eigenvalue weighted by atomic mass is 10.1. The van der Waals surface area contributed by atoms with Crippen LogP contribution in [0.15, 0.2) is 12.5 Å². The highest BCUT2D eigenvalue weighted by Gasteiger charge is 2.20. The molecule has 1 aromatic rings. The SMILES string of the molecule is CN1CCC(Cn2cncc2CNC(C)(C)C)C1. The molecule has 0 amide bonds. The molecule has 1 aliphatic rings. The highest BCUT2D eigenvalue weighted by atomic mass is 15.1. The highest BCUT2D eigenvalue weighted by Crippen LogP contribution is 2.17. The Morgan fingerprint density at radius 3 is 2.83 bits per heavy atom. The average Bonchev–Trinajstić information content (AvgIpc) is 2.85. The third-order valence-electron chi connectivity index (χ3n) is 3.54. The largest absolute Gasteiger partial charge is 0.333 e. The van der Waals surface area contributed by atoms with Crippen LogP contribution in [0.25, 0.3) is 0 Å². The van der Waals surface area contributed by atoms with Crippen LogP contribution >= 0.6 is 0 Å². The van der Waals surface area contributed by atoms with Crippen molar-refractivity contribution in [2.24, 2.45) is 5.92 Å². The van der Waals surface area contributed by atoms with Gasteiger partial charge in [0.05, 0.1) is 12.0 Å². The number of nitrogens with one attached hydrogen (secondary N) is 1. The molecule has 4 nitrogen and oxygen atoms in total. The van der Waals surface area contributed by atoms with Crippen LogP contribution in [0, 0.1) is 5.92 Å². The van der Waals surface area contributed by atoms with Crippen molar-refractivity contribution in [3.05, 3.63) is 18.2 Å². The second kappa shape index (κ2) is 5.41. The summed E-state index contributed by atoms with van der Waals surface area (Å²) in [6.07, 6.45) is 5.26. The van der Waals surface area contributed by atoms with Gasteiger partial charge in [-0.1, -0.05) is 0 Å². The number of hydrogen-bond acceptors (Lipinski definition) is 3. The Morgan fingerprint density at radius 1 is 1.44 bits per heavy atom. The van der Waals surface area contributed by atoms with Gasteiger partial charge in [-0.3, -0.25) is 0 Å². The summed E-state index contributed by atoms with van der Waals surface area (Å²) in [5, 5.41) is 3.53. The molecule has 0 aliphatic carbocycles. The van der Waals surface area contributed by atoms with E-state index in [1.54, 1.807) is 0 Å². The summed E-state index contributed by atoms with van der Waals surface area (Å²) in [4.78, 5) is 6.70. The second-order valence-corrected chi connectivity index (χ2v) is 6.56. The normalized spacial score (nSPS) is 21.7. The predicted octanol–water partition coefficient (Wildman–Crippen LogP) is 1.72. The summed E-state index contributed by atoms with van der Waals surface area (Å²) in [7, 11) is 2.20. The lowest BCUT2D eigenvalue weighted by Crippen LogP contribution is -2.35. The first-order chi connectivity index (χ1) is 8.44. The van der Waals surface area contributed by atoms with E-state index in [-0.39, 0.29) is 5.54 Å². The van der Waals surface area contributed by atoms with Crippen molar-refractivity contribution in [1.29, 1.82) is 0 Å². The zero-order valence-electron chi connectivity index (χ0n) is 12.1. The van der Waals surface area contributed by atoms with E-state index >= 15 is 0 Å². The van der Waals surface area contributed by atoms with Crippen LogP contribution in [0.3, 0.4) is 0 Å². The molecule has 0 radical (unpaired) electrons. The van der Waals surface area contributed by atoms with Gasteiger partial charge in [-0.2, -0.15) is 0 Å². The topological polar surface area (TPSA) is 33.1 Å². The quantitative estimate of drug-likeness (QED) is 0.883. The number of hydrogen-bond donors (Lipinski definition) is 1. The van der Waals surface area contributed by atoms with E-state index in [2.05, 4.69) is 47.6 Å². The van der Waals surface area contributed by atoms with Gasteiger partial charge in [-0.15, -0.1) is 0 Å². The van der Waals surface area contributed by atoms with E-state index in [0.717, 1.165) is 19.0 Å². The van der Waals surface area contributed by atoms with Gasteiger partial charge >= 0.3 is 0 Å². The van der Waals surface area contributed by atoms with Gasteiger partial charge in [0.2, 0.25) is 0 Å². The van der Waals surface area contributed by atoms with E-state index in [0.29, 0.717) is 0 Å². The molecule has 1 unspecified atom stereocenters. The maximum Gasteiger partial charge on any atom is 0.0948 e. The summed E-state index contributed by atoms with van der Waals surface area (Å²) in [5.74, 6) is 0.776. The van der Waals surface area contributed by atoms with Crippen molar-refractivity contribution in [2.45, 2.75) is 45.8 Å². The Kier molecular flexibility index (Phi) is 4.07. The maximum atomic E-state index is 4.29. The van der Waals surface area contributed by atoms with E-state index in [9.17, 15) is 0 Å². The third-order valence-corrected chi connectivity index (χ3v) is 3.54. The van der Waals surface area contributed by atoms with Gasteiger partial charge in [0.1, 0.15) is 0 Å². The van der Waals surface area contributed by atoms with Gasteiger partial charge in [-0.25, -0.2) is 4.98 Å². The molecule has 1 atom stereocenters. The summed E-state index contributed by atoms with van der Waals surface area (Å²) < 4.78 is 2.31. The van der Waals surface area contributed by atoms with E-state index < -0.39 is 0 Å². The monoisotopic (exact) mass is 250 g/mol. The van der Waals surface area contributed by atoms with Gasteiger partial charge in [0.25, 0.3) is 0 Å². The first kappa shape index (κ1) is 13.6. The molecule has 0 bridgehead atoms. The van der Waals surface area contributed by atoms with Crippen molar-refractivity contribution in [3.63, 3.8) is 0 Å². The molecular weight excluding hydrogens is 224 g/mol. The molecule has 2 heterocycles. The van der Waals surface area contributed by atoms with Gasteiger partial charge in [0.15, 0.2) is 0 Å². The smallest absolute Gasteiger partial charge is 0.0948 e. The Hall–Kier alpha value is -0.870. The minimum atomic E-state index is 0.155. The van der Waals surface area contributed by atoms with Crippen LogP contribution in [0.2, 0.25) is 0 Å².